The molecule has 1 aliphatic carbocycles. The van der Waals surface area contributed by atoms with E-state index in [-0.39, 0.29) is 12.0 Å². The standard InChI is InChI=1S/C30H37N5O3/c1-20-5-6-23(28(36)33-25-7-8-25)15-27(20)24-17-32-35(19-24)26-14-22(16-31-18-26)13-21-9-11-34(12-10-21)29(37)38-30(2,3)4/h5-6,14-19,21,25H,7-13H2,1-4H3,(H,33,36). The van der Waals surface area contributed by atoms with Gasteiger partial charge in [-0.05, 0) is 101 Å². The first-order chi connectivity index (χ1) is 18.1. The molecule has 0 bridgehead atoms. The maximum Gasteiger partial charge on any atom is 0.410 e. The molecule has 2 aromatic heterocycles. The maximum atomic E-state index is 12.6. The van der Waals surface area contributed by atoms with Crippen molar-refractivity contribution in [2.75, 3.05) is 13.1 Å². The van der Waals surface area contributed by atoms with Crippen molar-refractivity contribution in [1.29, 1.82) is 0 Å². The second kappa shape index (κ2) is 10.6. The Balaban J connectivity index is 1.23. The lowest BCUT2D eigenvalue weighted by Crippen LogP contribution is -2.42. The first-order valence-corrected chi connectivity index (χ1v) is 13.5. The molecular weight excluding hydrogens is 478 g/mol. The Morgan fingerprint density at radius 3 is 2.53 bits per heavy atom. The number of amides is 2. The summed E-state index contributed by atoms with van der Waals surface area (Å²) in [6.07, 6.45) is 12.3. The highest BCUT2D eigenvalue weighted by atomic mass is 16.6. The van der Waals surface area contributed by atoms with Gasteiger partial charge in [-0.25, -0.2) is 9.48 Å². The number of benzene rings is 1. The zero-order valence-electron chi connectivity index (χ0n) is 22.7. The third-order valence-electron chi connectivity index (χ3n) is 7.14. The van der Waals surface area contributed by atoms with Crippen molar-refractivity contribution >= 4 is 12.0 Å². The quantitative estimate of drug-likeness (QED) is 0.480. The molecule has 1 saturated heterocycles. The summed E-state index contributed by atoms with van der Waals surface area (Å²) < 4.78 is 7.36. The lowest BCUT2D eigenvalue weighted by molar-refractivity contribution is 0.0184. The minimum absolute atomic E-state index is 0.0185. The molecule has 8 nitrogen and oxygen atoms in total. The number of aryl methyl sites for hydroxylation is 1. The SMILES string of the molecule is Cc1ccc(C(=O)NC2CC2)cc1-c1cnn(-c2cncc(CC3CCN(C(=O)OC(C)(C)C)CC3)c2)c1. The van der Waals surface area contributed by atoms with Crippen LogP contribution in [-0.2, 0) is 11.2 Å². The number of nitrogens with zero attached hydrogens (tertiary/aromatic N) is 4. The molecule has 5 rings (SSSR count). The molecule has 0 atom stereocenters. The van der Waals surface area contributed by atoms with E-state index in [4.69, 9.17) is 4.74 Å². The summed E-state index contributed by atoms with van der Waals surface area (Å²) in [7, 11) is 0. The van der Waals surface area contributed by atoms with Crippen LogP contribution in [0.25, 0.3) is 16.8 Å². The van der Waals surface area contributed by atoms with E-state index in [1.165, 1.54) is 0 Å². The molecule has 2 fully saturated rings. The van der Waals surface area contributed by atoms with Gasteiger partial charge in [0.2, 0.25) is 0 Å². The fourth-order valence-electron chi connectivity index (χ4n) is 4.86. The summed E-state index contributed by atoms with van der Waals surface area (Å²) >= 11 is 0. The van der Waals surface area contributed by atoms with Gasteiger partial charge in [0.1, 0.15) is 5.60 Å². The number of nitrogens with one attached hydrogen (secondary N) is 1. The summed E-state index contributed by atoms with van der Waals surface area (Å²) in [6.45, 7) is 9.16. The third-order valence-corrected chi connectivity index (χ3v) is 7.14. The molecule has 8 heteroatoms. The van der Waals surface area contributed by atoms with E-state index in [1.807, 2.05) is 80.3 Å². The Bertz CT molecular complexity index is 1310. The normalized spacial score (nSPS) is 16.4. The molecule has 0 spiro atoms. The summed E-state index contributed by atoms with van der Waals surface area (Å²) in [5.41, 5.74) is 5.32. The van der Waals surface area contributed by atoms with Crippen LogP contribution in [0.2, 0.25) is 0 Å². The van der Waals surface area contributed by atoms with Crippen LogP contribution < -0.4 is 5.32 Å². The van der Waals surface area contributed by atoms with E-state index in [1.54, 1.807) is 0 Å². The molecule has 200 valence electrons. The summed E-state index contributed by atoms with van der Waals surface area (Å²) in [5.74, 6) is 0.473. The van der Waals surface area contributed by atoms with Gasteiger partial charge in [-0.1, -0.05) is 6.07 Å². The zero-order valence-corrected chi connectivity index (χ0v) is 22.7. The van der Waals surface area contributed by atoms with Crippen molar-refractivity contribution in [1.82, 2.24) is 25.0 Å². The number of hydrogen-bond donors (Lipinski definition) is 1. The molecular formula is C30H37N5O3. The van der Waals surface area contributed by atoms with Gasteiger partial charge in [0.05, 0.1) is 18.1 Å². The van der Waals surface area contributed by atoms with Crippen molar-refractivity contribution in [2.24, 2.45) is 5.92 Å². The fraction of sp³-hybridized carbons (Fsp3) is 0.467. The van der Waals surface area contributed by atoms with Gasteiger partial charge in [-0.2, -0.15) is 5.10 Å². The van der Waals surface area contributed by atoms with Crippen molar-refractivity contribution in [3.8, 4) is 16.8 Å². The molecule has 38 heavy (non-hydrogen) atoms. The summed E-state index contributed by atoms with van der Waals surface area (Å²) in [5, 5.41) is 7.66. The largest absolute Gasteiger partial charge is 0.444 e. The van der Waals surface area contributed by atoms with Crippen LogP contribution in [0.15, 0.2) is 49.1 Å². The number of rotatable bonds is 6. The smallest absolute Gasteiger partial charge is 0.410 e. The molecule has 1 saturated carbocycles. The maximum absolute atomic E-state index is 12.6. The number of likely N-dealkylation sites (tertiary alicyclic amines) is 1. The number of ether oxygens (including phenoxy) is 1. The Morgan fingerprint density at radius 1 is 1.05 bits per heavy atom. The second-order valence-corrected chi connectivity index (χ2v) is 11.6. The molecule has 3 heterocycles. The van der Waals surface area contributed by atoms with E-state index in [0.29, 0.717) is 30.6 Å². The second-order valence-electron chi connectivity index (χ2n) is 11.6. The Kier molecular flexibility index (Phi) is 7.23. The van der Waals surface area contributed by atoms with Crippen LogP contribution in [0.5, 0.6) is 0 Å². The fourth-order valence-corrected chi connectivity index (χ4v) is 4.86. The van der Waals surface area contributed by atoms with Crippen molar-refractivity contribution in [3.63, 3.8) is 0 Å². The predicted molar refractivity (Wildman–Crippen MR) is 146 cm³/mol. The molecule has 2 amide bonds. The predicted octanol–water partition coefficient (Wildman–Crippen LogP) is 5.32. The lowest BCUT2D eigenvalue weighted by Gasteiger charge is -2.33. The highest BCUT2D eigenvalue weighted by Crippen LogP contribution is 2.27. The van der Waals surface area contributed by atoms with Gasteiger partial charge in [0.25, 0.3) is 5.91 Å². The van der Waals surface area contributed by atoms with E-state index in [2.05, 4.69) is 21.5 Å². The Morgan fingerprint density at radius 2 is 1.82 bits per heavy atom. The summed E-state index contributed by atoms with van der Waals surface area (Å²) in [4.78, 5) is 31.2. The van der Waals surface area contributed by atoms with Crippen molar-refractivity contribution < 1.29 is 14.3 Å². The minimum atomic E-state index is -0.474. The van der Waals surface area contributed by atoms with Crippen molar-refractivity contribution in [2.45, 2.75) is 71.4 Å². The van der Waals surface area contributed by atoms with Crippen molar-refractivity contribution in [3.05, 3.63) is 65.7 Å². The monoisotopic (exact) mass is 515 g/mol. The van der Waals surface area contributed by atoms with E-state index < -0.39 is 5.60 Å². The van der Waals surface area contributed by atoms with Gasteiger partial charge in [0, 0.05) is 42.7 Å². The number of piperidine rings is 1. The molecule has 1 N–H and O–H groups in total. The van der Waals surface area contributed by atoms with Gasteiger partial charge in [-0.15, -0.1) is 0 Å². The minimum Gasteiger partial charge on any atom is -0.444 e. The Hall–Kier alpha value is -3.68. The number of aromatic nitrogens is 3. The van der Waals surface area contributed by atoms with Crippen LogP contribution in [0.4, 0.5) is 4.79 Å². The van der Waals surface area contributed by atoms with Crippen LogP contribution in [-0.4, -0.2) is 56.4 Å². The average molecular weight is 516 g/mol. The van der Waals surface area contributed by atoms with Crippen LogP contribution >= 0.6 is 0 Å². The van der Waals surface area contributed by atoms with E-state index in [9.17, 15) is 9.59 Å². The highest BCUT2D eigenvalue weighted by molar-refractivity contribution is 5.96. The third kappa shape index (κ3) is 6.41. The molecule has 2 aliphatic rings. The zero-order chi connectivity index (χ0) is 26.9. The van der Waals surface area contributed by atoms with Crippen LogP contribution in [0, 0.1) is 12.8 Å². The van der Waals surface area contributed by atoms with Gasteiger partial charge < -0.3 is 15.0 Å². The molecule has 0 unspecified atom stereocenters. The highest BCUT2D eigenvalue weighted by Gasteiger charge is 2.27. The molecule has 1 aliphatic heterocycles. The first kappa shape index (κ1) is 25.9. The van der Waals surface area contributed by atoms with Crippen LogP contribution in [0.3, 0.4) is 0 Å². The average Bonchev–Trinajstić information content (AvgIpc) is 3.55. The van der Waals surface area contributed by atoms with Crippen LogP contribution in [0.1, 0.15) is 67.9 Å². The number of hydrogen-bond acceptors (Lipinski definition) is 5. The molecule has 3 aromatic rings. The van der Waals surface area contributed by atoms with E-state index >= 15 is 0 Å². The Labute approximate surface area is 224 Å². The number of carbonyl (C=O) groups is 2. The van der Waals surface area contributed by atoms with Gasteiger partial charge >= 0.3 is 6.09 Å². The van der Waals surface area contributed by atoms with Gasteiger partial charge in [0.15, 0.2) is 0 Å². The topological polar surface area (TPSA) is 89.4 Å². The molecule has 0 radical (unpaired) electrons. The number of carbonyl (C=O) groups excluding carboxylic acids is 2. The first-order valence-electron chi connectivity index (χ1n) is 13.5. The lowest BCUT2D eigenvalue weighted by atomic mass is 9.91. The summed E-state index contributed by atoms with van der Waals surface area (Å²) in [6, 6.07) is 8.28. The number of pyridine rings is 1. The molecule has 1 aromatic carbocycles. The van der Waals surface area contributed by atoms with E-state index in [0.717, 1.165) is 60.0 Å². The van der Waals surface area contributed by atoms with Gasteiger partial charge in [-0.3, -0.25) is 9.78 Å².